The molecule has 3 aliphatic heterocycles. The number of fused-ring (bicyclic) bond motifs is 1. The highest BCUT2D eigenvalue weighted by molar-refractivity contribution is 7.90. The predicted molar refractivity (Wildman–Crippen MR) is 337 cm³/mol. The van der Waals surface area contributed by atoms with Gasteiger partial charge in [-0.15, -0.1) is 20.1 Å². The van der Waals surface area contributed by atoms with Gasteiger partial charge in [0, 0.05) is 69.3 Å². The van der Waals surface area contributed by atoms with Gasteiger partial charge in [-0.05, 0) is 94.0 Å². The number of halogens is 4. The number of amides is 4. The molecule has 1 aliphatic carbocycles. The van der Waals surface area contributed by atoms with Crippen molar-refractivity contribution in [3.8, 4) is 33.7 Å². The molecule has 0 bridgehead atoms. The van der Waals surface area contributed by atoms with Crippen LogP contribution in [0.15, 0.2) is 83.3 Å². The summed E-state index contributed by atoms with van der Waals surface area (Å²) >= 11 is 8.17. The second kappa shape index (κ2) is 27.3. The first-order valence-corrected chi connectivity index (χ1v) is 33.1. The van der Waals surface area contributed by atoms with Crippen LogP contribution in [0.2, 0.25) is 5.02 Å². The van der Waals surface area contributed by atoms with E-state index in [9.17, 15) is 45.9 Å². The van der Waals surface area contributed by atoms with Crippen LogP contribution >= 0.6 is 22.9 Å². The van der Waals surface area contributed by atoms with E-state index in [-0.39, 0.29) is 147 Å². The Morgan fingerprint density at radius 3 is 2.30 bits per heavy atom. The van der Waals surface area contributed by atoms with E-state index in [1.807, 2.05) is 19.1 Å². The zero-order valence-corrected chi connectivity index (χ0v) is 54.6. The number of rotatable bonds is 23. The molecule has 498 valence electrons. The monoisotopic (exact) mass is 1350 g/mol. The number of nitrogens with zero attached hydrogens (tertiary/aromatic N) is 8. The number of hydrogen-bond acceptors (Lipinski definition) is 22. The molecule has 31 heteroatoms. The molecule has 0 radical (unpaired) electrons. The zero-order valence-electron chi connectivity index (χ0n) is 52.3. The molecular weight excluding hydrogens is 1280 g/mol. The largest absolute Gasteiger partial charge is 0.586 e. The summed E-state index contributed by atoms with van der Waals surface area (Å²) in [5.74, 6) is -2.15. The van der Waals surface area contributed by atoms with Crippen molar-refractivity contribution < 1.29 is 74.3 Å². The molecule has 25 nitrogen and oxygen atoms in total. The third-order valence-corrected chi connectivity index (χ3v) is 17.8. The molecule has 2 saturated heterocycles. The van der Waals surface area contributed by atoms with Gasteiger partial charge in [0.05, 0.1) is 68.4 Å². The maximum atomic E-state index is 14.8. The van der Waals surface area contributed by atoms with Crippen LogP contribution in [-0.4, -0.2) is 173 Å². The van der Waals surface area contributed by atoms with Crippen LogP contribution in [0.1, 0.15) is 89.4 Å². The lowest BCUT2D eigenvalue weighted by molar-refractivity contribution is -0.287. The van der Waals surface area contributed by atoms with E-state index in [2.05, 4.69) is 41.2 Å². The molecule has 4 aliphatic rings. The molecule has 4 amide bonds. The molecule has 3 aromatic heterocycles. The Bertz CT molecular complexity index is 3880. The van der Waals surface area contributed by atoms with Crippen molar-refractivity contribution in [2.24, 2.45) is 5.41 Å². The minimum atomic E-state index is -3.98. The number of carbonyl (C=O) groups excluding carboxylic acids is 4. The lowest BCUT2D eigenvalue weighted by Gasteiger charge is -2.35. The van der Waals surface area contributed by atoms with Crippen molar-refractivity contribution in [1.29, 1.82) is 0 Å². The summed E-state index contributed by atoms with van der Waals surface area (Å²) in [6, 6.07) is 13.6. The van der Waals surface area contributed by atoms with Crippen LogP contribution in [-0.2, 0) is 40.2 Å². The van der Waals surface area contributed by atoms with Gasteiger partial charge in [-0.3, -0.25) is 19.4 Å². The Morgan fingerprint density at radius 1 is 0.882 bits per heavy atom. The smallest absolute Gasteiger partial charge is 0.491 e. The molecule has 6 aromatic rings. The number of aliphatic hydroxyl groups is 1. The third kappa shape index (κ3) is 16.5. The quantitative estimate of drug-likeness (QED) is 0.0378. The first-order chi connectivity index (χ1) is 43.9. The molecule has 10 rings (SSSR count). The molecule has 6 heterocycles. The fourth-order valence-electron chi connectivity index (χ4n) is 10.5. The number of anilines is 4. The molecule has 0 unspecified atom stereocenters. The first-order valence-electron chi connectivity index (χ1n) is 29.9. The number of ether oxygens (including phenoxy) is 6. The minimum Gasteiger partial charge on any atom is -0.491 e. The van der Waals surface area contributed by atoms with Crippen LogP contribution in [0.3, 0.4) is 0 Å². The zero-order chi connectivity index (χ0) is 66.8. The van der Waals surface area contributed by atoms with Gasteiger partial charge in [0.1, 0.15) is 36.6 Å². The van der Waals surface area contributed by atoms with Gasteiger partial charge in [0.15, 0.2) is 27.0 Å². The second-order valence-corrected chi connectivity index (χ2v) is 28.1. The van der Waals surface area contributed by atoms with Gasteiger partial charge in [-0.25, -0.2) is 22.6 Å². The van der Waals surface area contributed by atoms with Gasteiger partial charge >= 0.3 is 18.4 Å². The SMILES string of the molecule is Cc1ncsc1-c1ccc(CNC(=O)[C@@H]2C[C@H](O)CN2C(=O)[C@@H](NC(=O)C2(F)CC2)C(C)(C)C)c(OCCOCCOc2nc(Nc3cc(S(C)(=O)=O)ccc3N[C@@H](c3cccc4c3OC(F)(F)O4)c3ncccc3Cl)nc(N3CCN(C(=O)OC(C)(C)C)CC3)n2)c1. The number of thiazole rings is 1. The van der Waals surface area contributed by atoms with Gasteiger partial charge in [-0.1, -0.05) is 56.6 Å². The average Bonchev–Trinajstić information content (AvgIpc) is 1.72. The van der Waals surface area contributed by atoms with Crippen molar-refractivity contribution >= 4 is 79.9 Å². The fourth-order valence-corrected chi connectivity index (χ4v) is 12.2. The fraction of sp³-hybridized carbons (Fsp3) is 0.468. The highest BCUT2D eigenvalue weighted by Gasteiger charge is 2.54. The van der Waals surface area contributed by atoms with Gasteiger partial charge in [0.25, 0.3) is 5.91 Å². The summed E-state index contributed by atoms with van der Waals surface area (Å²) in [5.41, 5.74) is 0.931. The molecule has 0 spiro atoms. The number of nitrogens with one attached hydrogen (secondary N) is 4. The van der Waals surface area contributed by atoms with E-state index in [0.717, 1.165) is 22.4 Å². The van der Waals surface area contributed by atoms with E-state index >= 15 is 0 Å². The summed E-state index contributed by atoms with van der Waals surface area (Å²) < 4.78 is 104. The van der Waals surface area contributed by atoms with E-state index in [1.54, 1.807) is 75.1 Å². The van der Waals surface area contributed by atoms with E-state index in [1.165, 1.54) is 58.8 Å². The normalized spacial score (nSPS) is 18.1. The molecule has 5 N–H and O–H groups in total. The lowest BCUT2D eigenvalue weighted by atomic mass is 9.85. The van der Waals surface area contributed by atoms with Crippen molar-refractivity contribution in [2.45, 2.75) is 121 Å². The van der Waals surface area contributed by atoms with Crippen molar-refractivity contribution in [3.63, 3.8) is 0 Å². The van der Waals surface area contributed by atoms with Gasteiger partial charge in [-0.2, -0.15) is 15.0 Å². The maximum absolute atomic E-state index is 14.8. The Hall–Kier alpha value is -8.32. The number of pyridine rings is 1. The number of aromatic nitrogens is 5. The Labute approximate surface area is 544 Å². The number of likely N-dealkylation sites (tertiary alicyclic amines) is 1. The Kier molecular flexibility index (Phi) is 19.9. The maximum Gasteiger partial charge on any atom is 0.586 e. The second-order valence-electron chi connectivity index (χ2n) is 24.8. The number of para-hydroxylation sites is 1. The third-order valence-electron chi connectivity index (χ3n) is 15.4. The predicted octanol–water partition coefficient (Wildman–Crippen LogP) is 8.16. The van der Waals surface area contributed by atoms with Crippen molar-refractivity contribution in [1.82, 2.24) is 45.4 Å². The van der Waals surface area contributed by atoms with Crippen LogP contribution in [0, 0.1) is 12.3 Å². The Morgan fingerprint density at radius 2 is 1.62 bits per heavy atom. The lowest BCUT2D eigenvalue weighted by Crippen LogP contribution is -2.59. The van der Waals surface area contributed by atoms with Crippen molar-refractivity contribution in [3.05, 3.63) is 106 Å². The van der Waals surface area contributed by atoms with Crippen molar-refractivity contribution in [2.75, 3.05) is 80.9 Å². The number of benzene rings is 3. The first kappa shape index (κ1) is 67.6. The van der Waals surface area contributed by atoms with Crippen LogP contribution in [0.25, 0.3) is 10.4 Å². The van der Waals surface area contributed by atoms with Crippen LogP contribution < -0.4 is 45.1 Å². The minimum absolute atomic E-state index is 0.00655. The number of sulfone groups is 1. The van der Waals surface area contributed by atoms with Gasteiger partial charge < -0.3 is 69.5 Å². The molecule has 93 heavy (non-hydrogen) atoms. The van der Waals surface area contributed by atoms with E-state index in [0.29, 0.717) is 11.3 Å². The number of carbonyl (C=O) groups is 4. The molecule has 4 atom stereocenters. The number of hydrogen-bond donors (Lipinski definition) is 5. The van der Waals surface area contributed by atoms with Crippen LogP contribution in [0.5, 0.6) is 23.3 Å². The summed E-state index contributed by atoms with van der Waals surface area (Å²) in [7, 11) is -3.85. The van der Waals surface area contributed by atoms with Gasteiger partial charge in [0.2, 0.25) is 23.7 Å². The summed E-state index contributed by atoms with van der Waals surface area (Å²) in [4.78, 5) is 82.2. The number of aryl methyl sites for hydroxylation is 1. The number of alkyl halides is 3. The topological polar surface area (TPSA) is 300 Å². The van der Waals surface area contributed by atoms with E-state index in [4.69, 9.17) is 45.0 Å². The highest BCUT2D eigenvalue weighted by Crippen LogP contribution is 2.48. The summed E-state index contributed by atoms with van der Waals surface area (Å²) in [6.45, 7) is 13.1. The standard InChI is InChI=1S/C62H72ClF3N12O13S2/c1-35-50(92-34-69-35)36-14-15-37(32-68-52(80)44-30-38(79)33-78(44)53(81)51(59(2,3)4)72-54(82)61(64)18-19-61)46(29-36)87-27-25-86-26-28-88-57-74-55(73-56(75-57)76-21-23-77(24-22-76)58(83)91-60(5,6)7)71-43-31-39(93(8,84)85)16-17-42(43)70-47(48-41(63)12-10-20-67-48)40-11-9-13-45-49(40)90-62(65,66)89-45/h9-17,20,29,31,34,38,44,47,51,70,79H,18-19,21-28,30,32-33H2,1-8H3,(H,68,80)(H,72,82)(H,71,73,74,75)/t38-,44-,47-,51+/m0/s1. The summed E-state index contributed by atoms with van der Waals surface area (Å²) in [5, 5.41) is 22.8. The Balaban J connectivity index is 0.845. The van der Waals surface area contributed by atoms with Crippen LogP contribution in [0.4, 0.5) is 41.2 Å². The number of β-amino-alcohol motifs (C(OH)–C–C–N with tert-alkyl or cyclic N) is 1. The molecule has 3 fully saturated rings. The molecular formula is C62H72ClF3N12O13S2. The average molecular weight is 1350 g/mol. The van der Waals surface area contributed by atoms with E-state index < -0.39 is 80.9 Å². The molecule has 1 saturated carbocycles. The highest BCUT2D eigenvalue weighted by atomic mass is 35.5. The number of piperazine rings is 1. The summed E-state index contributed by atoms with van der Waals surface area (Å²) in [6.07, 6.45) is -2.95. The number of aliphatic hydroxyl groups excluding tert-OH is 1. The molecule has 3 aromatic carbocycles.